The van der Waals surface area contributed by atoms with Crippen LogP contribution in [0.3, 0.4) is 0 Å². The second-order valence-corrected chi connectivity index (χ2v) is 3.45. The average molecular weight is 187 g/mol. The number of hydrogen-bond acceptors (Lipinski definition) is 4. The van der Waals surface area contributed by atoms with E-state index in [0.717, 1.165) is 0 Å². The summed E-state index contributed by atoms with van der Waals surface area (Å²) in [7, 11) is -4.26. The van der Waals surface area contributed by atoms with Gasteiger partial charge in [0.1, 0.15) is 0 Å². The molecule has 0 fully saturated rings. The third-order valence-corrected chi connectivity index (χ3v) is 1.35. The van der Waals surface area contributed by atoms with Crippen LogP contribution >= 0.6 is 0 Å². The summed E-state index contributed by atoms with van der Waals surface area (Å²) in [6, 6.07) is 0.278. The van der Waals surface area contributed by atoms with E-state index in [9.17, 15) is 8.42 Å². The Labute approximate surface area is 69.7 Å². The smallest absolute Gasteiger partial charge is 0.312 e. The number of rotatable bonds is 5. The van der Waals surface area contributed by atoms with Crippen LogP contribution in [-0.2, 0) is 14.6 Å². The van der Waals surface area contributed by atoms with Crippen LogP contribution < -0.4 is 5.32 Å². The second-order valence-electron chi connectivity index (χ2n) is 2.36. The molecule has 0 aliphatic heterocycles. The summed E-state index contributed by atoms with van der Waals surface area (Å²) in [4.78, 5) is 0. The van der Waals surface area contributed by atoms with Gasteiger partial charge in [0, 0.05) is 15.4 Å². The van der Waals surface area contributed by atoms with Gasteiger partial charge in [0.2, 0.25) is 0 Å². The fourth-order valence-corrected chi connectivity index (χ4v) is 0.789. The molecule has 0 amide bonds. The molecular formula is C5H17NO4S. The zero-order valence-electron chi connectivity index (χ0n) is 6.57. The maximum atomic E-state index is 9.98. The summed E-state index contributed by atoms with van der Waals surface area (Å²) in [6.45, 7) is 4.20. The molecule has 0 aliphatic carbocycles. The van der Waals surface area contributed by atoms with Gasteiger partial charge in [-0.15, -0.1) is 0 Å². The lowest BCUT2D eigenvalue weighted by Crippen LogP contribution is -2.27. The molecule has 0 bridgehead atoms. The van der Waals surface area contributed by atoms with Crippen molar-refractivity contribution in [3.8, 4) is 0 Å². The van der Waals surface area contributed by atoms with E-state index in [0.29, 0.717) is 6.54 Å². The van der Waals surface area contributed by atoms with Crippen molar-refractivity contribution in [3.05, 3.63) is 0 Å². The first-order valence-electron chi connectivity index (χ1n) is 3.27. The fraction of sp³-hybridized carbons (Fsp3) is 1.00. The van der Waals surface area contributed by atoms with E-state index in [4.69, 9.17) is 4.55 Å². The van der Waals surface area contributed by atoms with E-state index in [1.165, 1.54) is 0 Å². The summed E-state index contributed by atoms with van der Waals surface area (Å²) >= 11 is 0. The minimum atomic E-state index is -4.26. The summed E-state index contributed by atoms with van der Waals surface area (Å²) in [6.07, 6.45) is 0. The van der Waals surface area contributed by atoms with Gasteiger partial charge < -0.3 is 5.32 Å². The quantitative estimate of drug-likeness (QED) is 0.478. The van der Waals surface area contributed by atoms with Gasteiger partial charge in [0.05, 0.1) is 6.61 Å². The Morgan fingerprint density at radius 1 is 1.64 bits per heavy atom. The monoisotopic (exact) mass is 187 g/mol. The molecule has 0 saturated heterocycles. The molecule has 0 unspecified atom stereocenters. The molecule has 11 heavy (non-hydrogen) atoms. The van der Waals surface area contributed by atoms with E-state index in [-0.39, 0.29) is 15.5 Å². The molecular weight excluding hydrogens is 170 g/mol. The van der Waals surface area contributed by atoms with Crippen LogP contribution in [-0.4, -0.2) is 32.2 Å². The molecule has 0 aliphatic rings. The van der Waals surface area contributed by atoms with Gasteiger partial charge in [-0.1, -0.05) is 13.8 Å². The molecule has 6 heteroatoms. The molecule has 0 saturated carbocycles. The molecule has 0 radical (unpaired) electrons. The molecule has 0 aromatic carbocycles. The van der Waals surface area contributed by atoms with Crippen LogP contribution in [0.4, 0.5) is 0 Å². The lowest BCUT2D eigenvalue weighted by atomic mass is 10.4. The van der Waals surface area contributed by atoms with Crippen molar-refractivity contribution < 1.29 is 20.0 Å². The highest BCUT2D eigenvalue weighted by molar-refractivity contribution is 7.80. The summed E-state index contributed by atoms with van der Waals surface area (Å²) in [5.41, 5.74) is 0. The van der Waals surface area contributed by atoms with Gasteiger partial charge in [-0.2, -0.15) is 8.42 Å². The first kappa shape index (κ1) is 10.8. The Bertz CT molecular complexity index is 195. The van der Waals surface area contributed by atoms with E-state index >= 15 is 0 Å². The molecule has 0 spiro atoms. The normalized spacial score (nSPS) is 12.4. The predicted octanol–water partition coefficient (Wildman–Crippen LogP) is 0.296. The number of hydrogen-bond donors (Lipinski definition) is 2. The third-order valence-electron chi connectivity index (χ3n) is 0.887. The fourth-order valence-electron chi connectivity index (χ4n) is 0.495. The SMILES string of the molecule is CC(C)NCCOS(=O)(=O)O.[HH].[HH]. The van der Waals surface area contributed by atoms with Crippen LogP contribution in [0.1, 0.15) is 16.7 Å². The number of nitrogens with one attached hydrogen (secondary N) is 1. The van der Waals surface area contributed by atoms with Crippen LogP contribution in [0.25, 0.3) is 0 Å². The van der Waals surface area contributed by atoms with Crippen LogP contribution in [0, 0.1) is 0 Å². The Morgan fingerprint density at radius 2 is 2.18 bits per heavy atom. The van der Waals surface area contributed by atoms with E-state index in [1.54, 1.807) is 0 Å². The largest absolute Gasteiger partial charge is 0.397 e. The zero-order chi connectivity index (χ0) is 8.91. The van der Waals surface area contributed by atoms with Crippen molar-refractivity contribution in [2.75, 3.05) is 13.2 Å². The topological polar surface area (TPSA) is 75.6 Å². The Kier molecular flexibility index (Phi) is 4.58. The van der Waals surface area contributed by atoms with Crippen molar-refractivity contribution in [2.45, 2.75) is 19.9 Å². The highest BCUT2D eigenvalue weighted by atomic mass is 32.3. The van der Waals surface area contributed by atoms with Crippen molar-refractivity contribution in [1.29, 1.82) is 0 Å². The molecule has 5 nitrogen and oxygen atoms in total. The lowest BCUT2D eigenvalue weighted by Gasteiger charge is -2.06. The molecule has 2 N–H and O–H groups in total. The van der Waals surface area contributed by atoms with Gasteiger partial charge >= 0.3 is 10.4 Å². The highest BCUT2D eigenvalue weighted by Gasteiger charge is 2.02. The molecule has 0 rings (SSSR count). The highest BCUT2D eigenvalue weighted by Crippen LogP contribution is 1.84. The van der Waals surface area contributed by atoms with E-state index in [1.807, 2.05) is 13.8 Å². The van der Waals surface area contributed by atoms with Crippen LogP contribution in [0.15, 0.2) is 0 Å². The van der Waals surface area contributed by atoms with Crippen molar-refractivity contribution in [3.63, 3.8) is 0 Å². The van der Waals surface area contributed by atoms with Gasteiger partial charge in [-0.05, 0) is 0 Å². The van der Waals surface area contributed by atoms with Gasteiger partial charge in [0.25, 0.3) is 0 Å². The molecule has 0 aromatic rings. The summed E-state index contributed by atoms with van der Waals surface area (Å²) in [5.74, 6) is 0. The average Bonchev–Trinajstić information content (AvgIpc) is 1.78. The lowest BCUT2D eigenvalue weighted by molar-refractivity contribution is 0.265. The third kappa shape index (κ3) is 9.83. The molecule has 0 heterocycles. The minimum Gasteiger partial charge on any atom is -0.312 e. The summed E-state index contributed by atoms with van der Waals surface area (Å²) < 4.78 is 32.1. The van der Waals surface area contributed by atoms with Crippen LogP contribution in [0.2, 0.25) is 0 Å². The Balaban J connectivity index is -0.000000500. The molecule has 0 aromatic heterocycles. The standard InChI is InChI=1S/C5H13NO4S.2H2/c1-5(2)6-3-4-10-11(7,8)9;;/h5-6H,3-4H2,1-2H3,(H,7,8,9);2*1H. The first-order valence-corrected chi connectivity index (χ1v) is 4.63. The van der Waals surface area contributed by atoms with Crippen molar-refractivity contribution in [1.82, 2.24) is 5.32 Å². The van der Waals surface area contributed by atoms with Crippen LogP contribution in [0.5, 0.6) is 0 Å². The Hall–Kier alpha value is -0.170. The van der Waals surface area contributed by atoms with Gasteiger partial charge in [0.15, 0.2) is 0 Å². The Morgan fingerprint density at radius 3 is 2.55 bits per heavy atom. The molecule has 72 valence electrons. The first-order chi connectivity index (χ1) is 4.92. The second kappa shape index (κ2) is 4.66. The van der Waals surface area contributed by atoms with E-state index in [2.05, 4.69) is 9.50 Å². The zero-order valence-corrected chi connectivity index (χ0v) is 7.39. The maximum absolute atomic E-state index is 9.98. The van der Waals surface area contributed by atoms with E-state index < -0.39 is 10.4 Å². The van der Waals surface area contributed by atoms with Crippen molar-refractivity contribution in [2.24, 2.45) is 0 Å². The van der Waals surface area contributed by atoms with Gasteiger partial charge in [-0.25, -0.2) is 4.18 Å². The predicted molar refractivity (Wildman–Crippen MR) is 44.9 cm³/mol. The minimum absolute atomic E-state index is 0. The maximum Gasteiger partial charge on any atom is 0.397 e. The van der Waals surface area contributed by atoms with Crippen molar-refractivity contribution >= 4 is 10.4 Å². The molecule has 0 atom stereocenters. The van der Waals surface area contributed by atoms with Gasteiger partial charge in [-0.3, -0.25) is 4.55 Å². The summed E-state index contributed by atoms with van der Waals surface area (Å²) in [5, 5.41) is 2.92.